The van der Waals surface area contributed by atoms with Gasteiger partial charge in [-0.2, -0.15) is 11.8 Å². The molecule has 39 heteroatoms. The topological polar surface area (TPSA) is 599 Å². The Bertz CT molecular complexity index is 3880. The second kappa shape index (κ2) is 53.4. The molecule has 0 saturated carbocycles. The molecule has 119 heavy (non-hydrogen) atoms. The zero-order chi connectivity index (χ0) is 88.3. The number of phenolic OH excluding ortho intramolecular Hbond substituents is 1. The molecule has 1 heterocycles. The van der Waals surface area contributed by atoms with Crippen LogP contribution >= 0.6 is 11.8 Å². The second-order valence-electron chi connectivity index (χ2n) is 29.8. The molecule has 3 aromatic carbocycles. The van der Waals surface area contributed by atoms with E-state index in [9.17, 15) is 81.8 Å². The van der Waals surface area contributed by atoms with Crippen LogP contribution in [0.25, 0.3) is 0 Å². The van der Waals surface area contributed by atoms with E-state index < -0.39 is 186 Å². The average Bonchev–Trinajstić information content (AvgIpc) is 0.836. The minimum absolute atomic E-state index is 0.00770. The quantitative estimate of drug-likeness (QED) is 0.0375. The van der Waals surface area contributed by atoms with Gasteiger partial charge in [0.15, 0.2) is 0 Å². The number of benzene rings is 3. The van der Waals surface area contributed by atoms with Crippen molar-refractivity contribution in [3.05, 3.63) is 89.5 Å². The van der Waals surface area contributed by atoms with Crippen molar-refractivity contribution in [2.24, 2.45) is 40.7 Å². The lowest BCUT2D eigenvalue weighted by molar-refractivity contribution is -0.138. The van der Waals surface area contributed by atoms with Crippen LogP contribution in [0.1, 0.15) is 160 Å². The number of rotatable bonds is 22. The van der Waals surface area contributed by atoms with Crippen LogP contribution in [0.5, 0.6) is 11.5 Å². The average molecular weight is 1690 g/mol. The van der Waals surface area contributed by atoms with Gasteiger partial charge >= 0.3 is 11.8 Å². The van der Waals surface area contributed by atoms with Crippen LogP contribution in [0.15, 0.2) is 72.8 Å². The molecule has 0 radical (unpaired) electrons. The molecule has 0 aromatic heterocycles. The monoisotopic (exact) mass is 1680 g/mol. The summed E-state index contributed by atoms with van der Waals surface area (Å²) in [6.07, 6.45) is 4.36. The zero-order valence-corrected chi connectivity index (χ0v) is 70.2. The van der Waals surface area contributed by atoms with E-state index >= 15 is 0 Å². The Morgan fingerprint density at radius 1 is 0.471 bits per heavy atom. The first-order valence-corrected chi connectivity index (χ1v) is 41.7. The number of unbranched alkanes of at least 4 members (excludes halogenated alkanes) is 2. The van der Waals surface area contributed by atoms with Crippen LogP contribution in [-0.4, -0.2) is 224 Å². The summed E-state index contributed by atoms with van der Waals surface area (Å²) in [7, 11) is 1.24. The standard InChI is InChI=1S/C80H124N20O18S/c1-10-46(5)65-77(114)88-44-64(103)91-59(39-45(3)4)74(111)94-58(33-38-119-9)72(109)86-37-20-24-55(84)70(107)92-57(26-16-18-35-82)73(110)95-61(40-49-21-13-12-14-22-49)76(113)100-99-68(105)53-42-51(29-32-62(53)118-8)90-79(116)80(117)96-60(41-50-27-30-52(101)31-28-50)75(112)93-56(25-15-17-34-81)71(108)85-36-19-23-54(83)69(106)87-43-63(102)89-48(7)67(104)97-66(47(6)11-2)78(115)98-65/h12-14,21-22,27-32,42,45-48,54-61,65-66,101H,10-11,15-20,23-26,33-41,43-44,81-84H2,1-9H3,(H,85,108)(H,86,109)(H,87,106)(H,88,114)(H,89,102)(H,90,116)(H,91,103)(H,92,107)(H,93,112)(H,94,111)(H,95,110)(H,96,117)(H,97,104)(H,98,115)(H,99,105)(H,100,113)/t46-,47-,48-,54-,55-,56-,57-,58-,59-,60-,61-,65-,66-/m0/s1. The Kier molecular flexibility index (Phi) is 45.0. The van der Waals surface area contributed by atoms with Crippen molar-refractivity contribution in [1.82, 2.24) is 80.0 Å². The van der Waals surface area contributed by atoms with Gasteiger partial charge in [-0.05, 0) is 168 Å². The molecule has 25 N–H and O–H groups in total. The molecule has 2 bridgehead atoms. The molecule has 0 saturated heterocycles. The Morgan fingerprint density at radius 3 is 1.51 bits per heavy atom. The number of carbonyl (C=O) groups excluding carboxylic acids is 16. The van der Waals surface area contributed by atoms with Gasteiger partial charge in [-0.25, -0.2) is 0 Å². The van der Waals surface area contributed by atoms with E-state index in [4.69, 9.17) is 27.7 Å². The number of anilines is 1. The van der Waals surface area contributed by atoms with Crippen molar-refractivity contribution >= 4 is 112 Å². The first-order valence-electron chi connectivity index (χ1n) is 40.3. The third kappa shape index (κ3) is 36.0. The minimum atomic E-state index is -1.55. The fraction of sp³-hybridized carbons (Fsp3) is 0.575. The molecule has 0 spiro atoms. The van der Waals surface area contributed by atoms with Gasteiger partial charge in [-0.1, -0.05) is 96.8 Å². The van der Waals surface area contributed by atoms with Crippen molar-refractivity contribution in [2.45, 2.75) is 218 Å². The second-order valence-corrected chi connectivity index (χ2v) is 30.8. The Hall–Kier alpha value is -11.0. The highest BCUT2D eigenvalue weighted by molar-refractivity contribution is 7.98. The number of nitrogens with two attached hydrogens (primary N) is 4. The van der Waals surface area contributed by atoms with Crippen molar-refractivity contribution < 1.29 is 86.6 Å². The number of hydrogen-bond acceptors (Lipinski definition) is 23. The van der Waals surface area contributed by atoms with Gasteiger partial charge in [0, 0.05) is 31.6 Å². The normalized spacial score (nSPS) is 23.7. The molecule has 1 aliphatic rings. The molecule has 4 rings (SSSR count). The van der Waals surface area contributed by atoms with Gasteiger partial charge in [-0.15, -0.1) is 0 Å². The summed E-state index contributed by atoms with van der Waals surface area (Å²) in [5, 5.41) is 46.6. The number of ether oxygens (including phenoxy) is 1. The number of thioether (sulfide) groups is 1. The molecule has 16 amide bonds. The molecule has 658 valence electrons. The van der Waals surface area contributed by atoms with Crippen molar-refractivity contribution in [1.29, 1.82) is 0 Å². The molecule has 1 aliphatic heterocycles. The first-order chi connectivity index (χ1) is 56.7. The van der Waals surface area contributed by atoms with E-state index in [2.05, 4.69) is 85.3 Å². The summed E-state index contributed by atoms with van der Waals surface area (Å²) in [6, 6.07) is 3.88. The first kappa shape index (κ1) is 100. The summed E-state index contributed by atoms with van der Waals surface area (Å²) in [4.78, 5) is 222. The van der Waals surface area contributed by atoms with Crippen LogP contribution < -0.4 is 113 Å². The predicted octanol–water partition coefficient (Wildman–Crippen LogP) is -2.19. The SMILES string of the molecule is CC[C@H](C)[C@@H]1NC(=O)[C@H](C)NC(=O)CNC(=O)[C@@H](N)CCCNC(=O)[C@H](CCCCN)NC(=O)[C@H](Cc2ccc(O)cc2)NC(=O)C(=O)Nc2ccc(OC)c(c2)C(=O)NNC(=O)[C@H](Cc2ccccc2)NC(=O)[C@H](CCCCN)NC(=O)[C@@H](N)CCCNC(=O)[C@H](CCSC)NC(=O)[C@H](CC(C)C)NC(=O)CNC(=O)[C@H]([C@@H](C)CC)NC1=O. The van der Waals surface area contributed by atoms with Gasteiger partial charge in [0.1, 0.15) is 65.9 Å². The molecule has 0 fully saturated rings. The summed E-state index contributed by atoms with van der Waals surface area (Å²) in [6.45, 7) is 11.1. The van der Waals surface area contributed by atoms with Crippen molar-refractivity contribution in [2.75, 3.05) is 63.7 Å². The molecule has 0 aliphatic carbocycles. The van der Waals surface area contributed by atoms with E-state index in [1.807, 2.05) is 20.1 Å². The smallest absolute Gasteiger partial charge is 0.313 e. The van der Waals surface area contributed by atoms with Crippen LogP contribution in [0.2, 0.25) is 0 Å². The third-order valence-corrected chi connectivity index (χ3v) is 20.4. The molecular weight excluding hydrogens is 1560 g/mol. The highest BCUT2D eigenvalue weighted by atomic mass is 32.2. The molecule has 0 unspecified atom stereocenters. The van der Waals surface area contributed by atoms with Crippen molar-refractivity contribution in [3.63, 3.8) is 0 Å². The largest absolute Gasteiger partial charge is 0.508 e. The fourth-order valence-electron chi connectivity index (χ4n) is 12.3. The van der Waals surface area contributed by atoms with E-state index in [0.29, 0.717) is 55.4 Å². The highest BCUT2D eigenvalue weighted by Crippen LogP contribution is 2.24. The lowest BCUT2D eigenvalue weighted by Crippen LogP contribution is -2.60. The maximum atomic E-state index is 14.4. The van der Waals surface area contributed by atoms with Crippen molar-refractivity contribution in [3.8, 4) is 11.5 Å². The van der Waals surface area contributed by atoms with Crippen LogP contribution in [0.4, 0.5) is 5.69 Å². The fourth-order valence-corrected chi connectivity index (χ4v) is 12.8. The number of nitrogens with one attached hydrogen (secondary N) is 16. The lowest BCUT2D eigenvalue weighted by atomic mass is 9.94. The molecular formula is C80H124N20O18S. The maximum absolute atomic E-state index is 14.4. The summed E-state index contributed by atoms with van der Waals surface area (Å²) < 4.78 is 5.44. The summed E-state index contributed by atoms with van der Waals surface area (Å²) >= 11 is 1.41. The number of fused-ring (bicyclic) bond motifs is 2. The number of hydrazine groups is 1. The predicted molar refractivity (Wildman–Crippen MR) is 446 cm³/mol. The number of methoxy groups -OCH3 is 1. The van der Waals surface area contributed by atoms with E-state index in [1.165, 1.54) is 62.2 Å². The summed E-state index contributed by atoms with van der Waals surface area (Å²) in [5.74, 6) is -14.6. The zero-order valence-electron chi connectivity index (χ0n) is 69.4. The molecule has 3 aromatic rings. The Morgan fingerprint density at radius 2 is 0.958 bits per heavy atom. The van der Waals surface area contributed by atoms with Gasteiger partial charge in [0.2, 0.25) is 70.9 Å². The van der Waals surface area contributed by atoms with Gasteiger partial charge in [-0.3, -0.25) is 87.6 Å². The number of hydrogen-bond donors (Lipinski definition) is 21. The number of aromatic hydroxyl groups is 1. The summed E-state index contributed by atoms with van der Waals surface area (Å²) in [5.41, 5.74) is 29.4. The van der Waals surface area contributed by atoms with Gasteiger partial charge in [0.25, 0.3) is 11.8 Å². The number of carbonyl (C=O) groups is 16. The molecule has 13 atom stereocenters. The van der Waals surface area contributed by atoms with Gasteiger partial charge < -0.3 is 107 Å². The molecule has 38 nitrogen and oxygen atoms in total. The van der Waals surface area contributed by atoms with Crippen LogP contribution in [-0.2, 0) is 84.8 Å². The third-order valence-electron chi connectivity index (χ3n) is 19.7. The lowest BCUT2D eigenvalue weighted by Gasteiger charge is -2.29. The number of phenols is 1. The van der Waals surface area contributed by atoms with Gasteiger partial charge in [0.05, 0.1) is 37.8 Å². The Balaban J connectivity index is 1.67. The Labute approximate surface area is 698 Å². The van der Waals surface area contributed by atoms with E-state index in [-0.39, 0.29) is 119 Å². The maximum Gasteiger partial charge on any atom is 0.313 e. The number of amides is 16. The van der Waals surface area contributed by atoms with E-state index in [0.717, 1.165) is 6.07 Å². The van der Waals surface area contributed by atoms with Crippen LogP contribution in [0, 0.1) is 17.8 Å². The minimum Gasteiger partial charge on any atom is -0.508 e. The van der Waals surface area contributed by atoms with E-state index in [1.54, 1.807) is 58.0 Å². The van der Waals surface area contributed by atoms with Crippen LogP contribution in [0.3, 0.4) is 0 Å². The highest BCUT2D eigenvalue weighted by Gasteiger charge is 2.37.